The van der Waals surface area contributed by atoms with Crippen LogP contribution in [0.1, 0.15) is 25.3 Å². The van der Waals surface area contributed by atoms with Gasteiger partial charge in [-0.05, 0) is 31.0 Å². The number of carboxylic acids is 1. The van der Waals surface area contributed by atoms with Crippen molar-refractivity contribution in [2.75, 3.05) is 13.1 Å². The monoisotopic (exact) mass is 384 g/mol. The Morgan fingerprint density at radius 2 is 2.12 bits per heavy atom. The smallest absolute Gasteiger partial charge is 0.317 e. The fraction of sp³-hybridized carbons (Fsp3) is 0.500. The highest BCUT2D eigenvalue weighted by molar-refractivity contribution is 6.31. The highest BCUT2D eigenvalue weighted by atomic mass is 35.5. The third kappa shape index (κ3) is 5.30. The molecule has 0 radical (unpaired) electrons. The fourth-order valence-corrected chi connectivity index (χ4v) is 3.08. The lowest BCUT2D eigenvalue weighted by Crippen LogP contribution is -2.56. The van der Waals surface area contributed by atoms with E-state index in [1.807, 2.05) is 11.8 Å². The van der Waals surface area contributed by atoms with Crippen LogP contribution in [0.3, 0.4) is 0 Å². The minimum atomic E-state index is -0.866. The Balaban J connectivity index is 1.78. The highest BCUT2D eigenvalue weighted by Gasteiger charge is 2.34. The van der Waals surface area contributed by atoms with Crippen LogP contribution < -0.4 is 10.6 Å². The van der Waals surface area contributed by atoms with Gasteiger partial charge in [0.2, 0.25) is 0 Å². The van der Waals surface area contributed by atoms with Crippen molar-refractivity contribution in [1.82, 2.24) is 15.5 Å². The van der Waals surface area contributed by atoms with E-state index in [4.69, 9.17) is 16.7 Å². The number of carboxylic acid groups (broad SMARTS) is 1. The summed E-state index contributed by atoms with van der Waals surface area (Å²) in [5, 5.41) is 25.4. The van der Waals surface area contributed by atoms with Crippen molar-refractivity contribution < 1.29 is 19.6 Å². The number of nitrogens with zero attached hydrogens (tertiary/aromatic N) is 2. The number of hydrogen-bond donors (Lipinski definition) is 3. The maximum atomic E-state index is 12.0. The van der Waals surface area contributed by atoms with Crippen LogP contribution in [0.4, 0.5) is 10.5 Å². The molecule has 142 valence electrons. The van der Waals surface area contributed by atoms with Crippen molar-refractivity contribution in [1.29, 1.82) is 0 Å². The van der Waals surface area contributed by atoms with Gasteiger partial charge in [-0.15, -0.1) is 0 Å². The Labute approximate surface area is 155 Å². The van der Waals surface area contributed by atoms with Gasteiger partial charge in [0.1, 0.15) is 0 Å². The molecule has 0 heterocycles. The van der Waals surface area contributed by atoms with Crippen LogP contribution in [0.5, 0.6) is 0 Å². The first-order chi connectivity index (χ1) is 12.3. The first-order valence-corrected chi connectivity index (χ1v) is 8.61. The van der Waals surface area contributed by atoms with Gasteiger partial charge in [-0.3, -0.25) is 19.8 Å². The molecule has 10 heteroatoms. The van der Waals surface area contributed by atoms with Gasteiger partial charge in [-0.2, -0.15) is 0 Å². The Morgan fingerprint density at radius 1 is 1.42 bits per heavy atom. The molecule has 3 N–H and O–H groups in total. The van der Waals surface area contributed by atoms with E-state index in [1.165, 1.54) is 18.2 Å². The SMILES string of the molecule is CCN(CC(=O)O)C1CC(NC(=O)NCc2cc([N+](=O)[O-])ccc2Cl)C1. The number of rotatable bonds is 8. The van der Waals surface area contributed by atoms with Crippen LogP contribution in [0, 0.1) is 10.1 Å². The topological polar surface area (TPSA) is 125 Å². The average molecular weight is 385 g/mol. The molecule has 1 aliphatic carbocycles. The number of nitro groups is 1. The third-order valence-electron chi connectivity index (χ3n) is 4.39. The van der Waals surface area contributed by atoms with Crippen molar-refractivity contribution in [2.45, 2.75) is 38.4 Å². The summed E-state index contributed by atoms with van der Waals surface area (Å²) in [4.78, 5) is 34.9. The number of hydrogen-bond acceptors (Lipinski definition) is 5. The highest BCUT2D eigenvalue weighted by Crippen LogP contribution is 2.25. The number of carbonyl (C=O) groups excluding carboxylic acids is 1. The largest absolute Gasteiger partial charge is 0.480 e. The Hall–Kier alpha value is -2.39. The number of halogens is 1. The van der Waals surface area contributed by atoms with Gasteiger partial charge in [0, 0.05) is 35.8 Å². The number of aliphatic carboxylic acids is 1. The zero-order valence-corrected chi connectivity index (χ0v) is 15.0. The van der Waals surface area contributed by atoms with Crippen LogP contribution >= 0.6 is 11.6 Å². The van der Waals surface area contributed by atoms with Gasteiger partial charge in [0.05, 0.1) is 11.5 Å². The quantitative estimate of drug-likeness (QED) is 0.465. The summed E-state index contributed by atoms with van der Waals surface area (Å²) in [5.41, 5.74) is 0.368. The molecule has 1 saturated carbocycles. The van der Waals surface area contributed by atoms with Gasteiger partial charge in [0.25, 0.3) is 5.69 Å². The number of benzene rings is 1. The molecule has 1 aromatic rings. The molecule has 0 saturated heterocycles. The van der Waals surface area contributed by atoms with Crippen LogP contribution in [-0.2, 0) is 11.3 Å². The standard InChI is InChI=1S/C16H21ClN4O5/c1-2-20(9-15(22)23)13-6-11(7-13)19-16(24)18-8-10-5-12(21(25)26)3-4-14(10)17/h3-5,11,13H,2,6-9H2,1H3,(H,22,23)(H2,18,19,24). The van der Waals surface area contributed by atoms with Crippen molar-refractivity contribution >= 4 is 29.3 Å². The first-order valence-electron chi connectivity index (χ1n) is 8.23. The number of urea groups is 1. The molecule has 1 aromatic carbocycles. The zero-order valence-electron chi connectivity index (χ0n) is 14.3. The second-order valence-electron chi connectivity index (χ2n) is 6.14. The lowest BCUT2D eigenvalue weighted by molar-refractivity contribution is -0.384. The molecule has 0 aliphatic heterocycles. The van der Waals surface area contributed by atoms with E-state index < -0.39 is 16.9 Å². The summed E-state index contributed by atoms with van der Waals surface area (Å²) in [7, 11) is 0. The van der Waals surface area contributed by atoms with Crippen LogP contribution in [0.25, 0.3) is 0 Å². The molecule has 9 nitrogen and oxygen atoms in total. The van der Waals surface area contributed by atoms with Crippen molar-refractivity contribution in [3.63, 3.8) is 0 Å². The van der Waals surface area contributed by atoms with E-state index in [0.29, 0.717) is 30.0 Å². The molecule has 26 heavy (non-hydrogen) atoms. The first kappa shape index (κ1) is 19.9. The van der Waals surface area contributed by atoms with Gasteiger partial charge in [0.15, 0.2) is 0 Å². The molecule has 1 aliphatic rings. The molecule has 0 unspecified atom stereocenters. The second-order valence-corrected chi connectivity index (χ2v) is 6.55. The Bertz CT molecular complexity index is 693. The normalized spacial score (nSPS) is 18.9. The second kappa shape index (κ2) is 8.81. The lowest BCUT2D eigenvalue weighted by atomic mass is 9.85. The molecule has 0 bridgehead atoms. The lowest BCUT2D eigenvalue weighted by Gasteiger charge is -2.42. The predicted molar refractivity (Wildman–Crippen MR) is 95.2 cm³/mol. The molecule has 2 rings (SSSR count). The average Bonchev–Trinajstić information content (AvgIpc) is 2.54. The summed E-state index contributed by atoms with van der Waals surface area (Å²) < 4.78 is 0. The maximum absolute atomic E-state index is 12.0. The number of carbonyl (C=O) groups is 2. The van der Waals surface area contributed by atoms with E-state index in [1.54, 1.807) is 0 Å². The third-order valence-corrected chi connectivity index (χ3v) is 4.76. The number of nitrogens with one attached hydrogen (secondary N) is 2. The van der Waals surface area contributed by atoms with E-state index in [0.717, 1.165) is 0 Å². The van der Waals surface area contributed by atoms with E-state index in [-0.39, 0.29) is 30.9 Å². The zero-order chi connectivity index (χ0) is 19.3. The summed E-state index contributed by atoms with van der Waals surface area (Å²) in [6.07, 6.45) is 1.37. The molecule has 2 amide bonds. The summed E-state index contributed by atoms with van der Waals surface area (Å²) >= 11 is 5.99. The van der Waals surface area contributed by atoms with Crippen LogP contribution in [-0.4, -0.2) is 52.1 Å². The van der Waals surface area contributed by atoms with Gasteiger partial charge < -0.3 is 15.7 Å². The maximum Gasteiger partial charge on any atom is 0.317 e. The Morgan fingerprint density at radius 3 is 2.69 bits per heavy atom. The van der Waals surface area contributed by atoms with Crippen LogP contribution in [0.15, 0.2) is 18.2 Å². The van der Waals surface area contributed by atoms with Gasteiger partial charge >= 0.3 is 12.0 Å². The van der Waals surface area contributed by atoms with E-state index in [2.05, 4.69) is 10.6 Å². The van der Waals surface area contributed by atoms with Crippen molar-refractivity contribution in [3.05, 3.63) is 38.9 Å². The summed E-state index contributed by atoms with van der Waals surface area (Å²) in [6.45, 7) is 2.61. The minimum Gasteiger partial charge on any atom is -0.480 e. The fourth-order valence-electron chi connectivity index (χ4n) is 2.90. The predicted octanol–water partition coefficient (Wildman–Crippen LogP) is 1.98. The number of likely N-dealkylation sites (N-methyl/N-ethyl adjacent to an activating group) is 1. The van der Waals surface area contributed by atoms with Crippen LogP contribution in [0.2, 0.25) is 5.02 Å². The van der Waals surface area contributed by atoms with Gasteiger partial charge in [-0.1, -0.05) is 18.5 Å². The number of non-ortho nitro benzene ring substituents is 1. The van der Waals surface area contributed by atoms with E-state index >= 15 is 0 Å². The van der Waals surface area contributed by atoms with Gasteiger partial charge in [-0.25, -0.2) is 4.79 Å². The van der Waals surface area contributed by atoms with Crippen molar-refractivity contribution in [3.8, 4) is 0 Å². The molecular weight excluding hydrogens is 364 g/mol. The molecule has 0 atom stereocenters. The molecule has 0 aromatic heterocycles. The molecule has 1 fully saturated rings. The Kier molecular flexibility index (Phi) is 6.76. The number of amides is 2. The molecular formula is C16H21ClN4O5. The summed E-state index contributed by atoms with van der Waals surface area (Å²) in [5.74, 6) is -0.866. The minimum absolute atomic E-state index is 0.00856. The van der Waals surface area contributed by atoms with E-state index in [9.17, 15) is 19.7 Å². The molecule has 0 spiro atoms. The number of nitro benzene ring substituents is 1. The summed E-state index contributed by atoms with van der Waals surface area (Å²) in [6, 6.07) is 3.78. The van der Waals surface area contributed by atoms with Crippen molar-refractivity contribution in [2.24, 2.45) is 0 Å².